The van der Waals surface area contributed by atoms with Crippen molar-refractivity contribution in [2.45, 2.75) is 78.1 Å². The summed E-state index contributed by atoms with van der Waals surface area (Å²) in [6.45, 7) is 9.54. The standard InChI is InChI=1S/C18H34O5/c1-5-13(6-2)11-22-15-9-10-21-16(17(15)19)12-23-18(20)14(7-3)8-4/h13-17,19H,5-12H2,1-4H3. The number of esters is 1. The van der Waals surface area contributed by atoms with Crippen molar-refractivity contribution in [1.29, 1.82) is 0 Å². The number of ether oxygens (including phenoxy) is 3. The van der Waals surface area contributed by atoms with Gasteiger partial charge in [0.2, 0.25) is 0 Å². The van der Waals surface area contributed by atoms with E-state index in [9.17, 15) is 9.90 Å². The molecule has 5 nitrogen and oxygen atoms in total. The average molecular weight is 330 g/mol. The molecule has 0 aromatic carbocycles. The van der Waals surface area contributed by atoms with Crippen LogP contribution in [0.2, 0.25) is 0 Å². The van der Waals surface area contributed by atoms with Crippen molar-refractivity contribution >= 4 is 5.97 Å². The molecule has 3 unspecified atom stereocenters. The van der Waals surface area contributed by atoms with E-state index in [-0.39, 0.29) is 24.6 Å². The Hall–Kier alpha value is -0.650. The van der Waals surface area contributed by atoms with E-state index in [2.05, 4.69) is 13.8 Å². The van der Waals surface area contributed by atoms with E-state index < -0.39 is 12.2 Å². The molecule has 1 fully saturated rings. The largest absolute Gasteiger partial charge is 0.463 e. The van der Waals surface area contributed by atoms with E-state index in [1.54, 1.807) is 0 Å². The monoisotopic (exact) mass is 330 g/mol. The zero-order valence-electron chi connectivity index (χ0n) is 15.1. The maximum atomic E-state index is 11.9. The SMILES string of the molecule is CCC(CC)COC1CCOC(COC(=O)C(CC)CC)C1O. The molecule has 23 heavy (non-hydrogen) atoms. The highest BCUT2D eigenvalue weighted by atomic mass is 16.6. The highest BCUT2D eigenvalue weighted by Gasteiger charge is 2.35. The molecule has 1 saturated heterocycles. The molecule has 3 atom stereocenters. The lowest BCUT2D eigenvalue weighted by Crippen LogP contribution is -2.48. The Morgan fingerprint density at radius 1 is 1.17 bits per heavy atom. The Bertz CT molecular complexity index is 325. The minimum atomic E-state index is -0.743. The Morgan fingerprint density at radius 2 is 1.83 bits per heavy atom. The first-order valence-electron chi connectivity index (χ1n) is 9.15. The molecule has 1 aliphatic rings. The van der Waals surface area contributed by atoms with Crippen LogP contribution in [-0.4, -0.2) is 49.2 Å². The van der Waals surface area contributed by atoms with Gasteiger partial charge in [-0.2, -0.15) is 0 Å². The third-order valence-electron chi connectivity index (χ3n) is 4.91. The molecule has 0 aliphatic carbocycles. The molecule has 0 bridgehead atoms. The number of rotatable bonds is 10. The Labute approximate surface area is 140 Å². The van der Waals surface area contributed by atoms with Gasteiger partial charge in [-0.1, -0.05) is 40.5 Å². The van der Waals surface area contributed by atoms with E-state index >= 15 is 0 Å². The number of hydrogen-bond donors (Lipinski definition) is 1. The second-order valence-corrected chi connectivity index (χ2v) is 6.39. The van der Waals surface area contributed by atoms with Gasteiger partial charge in [0.05, 0.1) is 12.0 Å². The molecule has 0 spiro atoms. The van der Waals surface area contributed by atoms with Gasteiger partial charge in [-0.05, 0) is 25.2 Å². The normalized spacial score (nSPS) is 25.1. The van der Waals surface area contributed by atoms with Gasteiger partial charge in [-0.3, -0.25) is 4.79 Å². The van der Waals surface area contributed by atoms with Crippen LogP contribution in [0.5, 0.6) is 0 Å². The van der Waals surface area contributed by atoms with Crippen molar-refractivity contribution in [1.82, 2.24) is 0 Å². The topological polar surface area (TPSA) is 65.0 Å². The lowest BCUT2D eigenvalue weighted by Gasteiger charge is -2.35. The van der Waals surface area contributed by atoms with Crippen molar-refractivity contribution < 1.29 is 24.1 Å². The first-order chi connectivity index (χ1) is 11.1. The smallest absolute Gasteiger partial charge is 0.309 e. The maximum Gasteiger partial charge on any atom is 0.309 e. The van der Waals surface area contributed by atoms with Crippen LogP contribution in [0.25, 0.3) is 0 Å². The average Bonchev–Trinajstić information content (AvgIpc) is 2.57. The van der Waals surface area contributed by atoms with Crippen LogP contribution in [0, 0.1) is 11.8 Å². The van der Waals surface area contributed by atoms with E-state index in [1.807, 2.05) is 13.8 Å². The summed E-state index contributed by atoms with van der Waals surface area (Å²) in [5.74, 6) is 0.250. The van der Waals surface area contributed by atoms with Crippen LogP contribution in [0.4, 0.5) is 0 Å². The molecule has 0 amide bonds. The zero-order chi connectivity index (χ0) is 17.2. The number of carbonyl (C=O) groups is 1. The molecule has 0 aromatic rings. The summed E-state index contributed by atoms with van der Waals surface area (Å²) in [6.07, 6.45) is 2.90. The lowest BCUT2D eigenvalue weighted by atomic mass is 10.0. The fraction of sp³-hybridized carbons (Fsp3) is 0.944. The number of carbonyl (C=O) groups excluding carboxylic acids is 1. The first-order valence-corrected chi connectivity index (χ1v) is 9.15. The predicted molar refractivity (Wildman–Crippen MR) is 89.2 cm³/mol. The molecule has 136 valence electrons. The minimum absolute atomic E-state index is 0.0716. The van der Waals surface area contributed by atoms with Crippen LogP contribution >= 0.6 is 0 Å². The van der Waals surface area contributed by atoms with Crippen LogP contribution in [0.3, 0.4) is 0 Å². The Morgan fingerprint density at radius 3 is 2.39 bits per heavy atom. The van der Waals surface area contributed by atoms with Crippen LogP contribution in [0.1, 0.15) is 59.8 Å². The second-order valence-electron chi connectivity index (χ2n) is 6.39. The molecule has 0 radical (unpaired) electrons. The van der Waals surface area contributed by atoms with Crippen LogP contribution < -0.4 is 0 Å². The van der Waals surface area contributed by atoms with Gasteiger partial charge in [0.25, 0.3) is 0 Å². The number of hydrogen-bond acceptors (Lipinski definition) is 5. The van der Waals surface area contributed by atoms with Crippen LogP contribution in [0.15, 0.2) is 0 Å². The lowest BCUT2D eigenvalue weighted by molar-refractivity contribution is -0.182. The number of aliphatic hydroxyl groups is 1. The van der Waals surface area contributed by atoms with Crippen molar-refractivity contribution in [3.63, 3.8) is 0 Å². The maximum absolute atomic E-state index is 11.9. The van der Waals surface area contributed by atoms with Crippen molar-refractivity contribution in [2.75, 3.05) is 19.8 Å². The van der Waals surface area contributed by atoms with Gasteiger partial charge in [-0.15, -0.1) is 0 Å². The van der Waals surface area contributed by atoms with Gasteiger partial charge in [0, 0.05) is 13.2 Å². The third-order valence-corrected chi connectivity index (χ3v) is 4.91. The third kappa shape index (κ3) is 6.40. The van der Waals surface area contributed by atoms with Crippen LogP contribution in [-0.2, 0) is 19.0 Å². The van der Waals surface area contributed by atoms with Crippen molar-refractivity contribution in [2.24, 2.45) is 11.8 Å². The summed E-state index contributed by atoms with van der Waals surface area (Å²) in [5.41, 5.74) is 0. The van der Waals surface area contributed by atoms with E-state index in [0.29, 0.717) is 25.6 Å². The minimum Gasteiger partial charge on any atom is -0.463 e. The van der Waals surface area contributed by atoms with Gasteiger partial charge >= 0.3 is 5.97 Å². The highest BCUT2D eigenvalue weighted by Crippen LogP contribution is 2.21. The molecule has 0 aromatic heterocycles. The second kappa shape index (κ2) is 11.0. The van der Waals surface area contributed by atoms with Gasteiger partial charge in [0.1, 0.15) is 18.8 Å². The molecule has 1 N–H and O–H groups in total. The summed E-state index contributed by atoms with van der Waals surface area (Å²) in [6, 6.07) is 0. The zero-order valence-corrected chi connectivity index (χ0v) is 15.1. The summed E-state index contributed by atoms with van der Waals surface area (Å²) in [5, 5.41) is 10.4. The molecule has 0 saturated carbocycles. The first kappa shape index (κ1) is 20.4. The Balaban J connectivity index is 2.43. The molecule has 5 heteroatoms. The van der Waals surface area contributed by atoms with Gasteiger partial charge in [0.15, 0.2) is 0 Å². The summed E-state index contributed by atoms with van der Waals surface area (Å²) < 4.78 is 16.8. The quantitative estimate of drug-likeness (QED) is 0.624. The fourth-order valence-electron chi connectivity index (χ4n) is 2.86. The van der Waals surface area contributed by atoms with E-state index in [4.69, 9.17) is 14.2 Å². The molecule has 1 rings (SSSR count). The summed E-state index contributed by atoms with van der Waals surface area (Å²) >= 11 is 0. The summed E-state index contributed by atoms with van der Waals surface area (Å²) in [7, 11) is 0. The predicted octanol–water partition coefficient (Wildman–Crippen LogP) is 2.94. The fourth-order valence-corrected chi connectivity index (χ4v) is 2.86. The van der Waals surface area contributed by atoms with Gasteiger partial charge in [-0.25, -0.2) is 0 Å². The summed E-state index contributed by atoms with van der Waals surface area (Å²) in [4.78, 5) is 11.9. The molecular formula is C18H34O5. The number of aliphatic hydroxyl groups excluding tert-OH is 1. The highest BCUT2D eigenvalue weighted by molar-refractivity contribution is 5.72. The molecular weight excluding hydrogens is 296 g/mol. The Kier molecular flexibility index (Phi) is 9.75. The van der Waals surface area contributed by atoms with Crippen molar-refractivity contribution in [3.8, 4) is 0 Å². The van der Waals surface area contributed by atoms with E-state index in [0.717, 1.165) is 25.7 Å². The van der Waals surface area contributed by atoms with Crippen molar-refractivity contribution in [3.05, 3.63) is 0 Å². The van der Waals surface area contributed by atoms with E-state index in [1.165, 1.54) is 0 Å². The van der Waals surface area contributed by atoms with Gasteiger partial charge < -0.3 is 19.3 Å². The molecule has 1 aliphatic heterocycles. The molecule has 1 heterocycles.